The zero-order valence-corrected chi connectivity index (χ0v) is 50.7. The molecule has 79 heavy (non-hydrogen) atoms. The van der Waals surface area contributed by atoms with Crippen molar-refractivity contribution in [2.75, 3.05) is 47.5 Å². The first-order chi connectivity index (χ1) is 38.6. The second kappa shape index (κ2) is 59.3. The summed E-state index contributed by atoms with van der Waals surface area (Å²) in [5, 5.41) is 11.8. The first-order valence-electron chi connectivity index (χ1n) is 31.0. The zero-order valence-electron chi connectivity index (χ0n) is 50.7. The van der Waals surface area contributed by atoms with E-state index in [-0.39, 0.29) is 32.7 Å². The summed E-state index contributed by atoms with van der Waals surface area (Å²) >= 11 is 0. The number of hydrogen-bond donors (Lipinski definition) is 0. The maximum absolute atomic E-state index is 12.9. The van der Waals surface area contributed by atoms with Gasteiger partial charge < -0.3 is 33.3 Å². The number of aliphatic carboxylic acids is 1. The smallest absolute Gasteiger partial charge is 0.309 e. The molecule has 0 aromatic rings. The fourth-order valence-electron chi connectivity index (χ4n) is 7.94. The lowest BCUT2D eigenvalue weighted by molar-refractivity contribution is -0.870. The van der Waals surface area contributed by atoms with Crippen molar-refractivity contribution in [1.29, 1.82) is 0 Å². The second-order valence-corrected chi connectivity index (χ2v) is 21.2. The van der Waals surface area contributed by atoms with Crippen molar-refractivity contribution in [2.45, 2.75) is 232 Å². The van der Waals surface area contributed by atoms with Crippen molar-refractivity contribution in [3.63, 3.8) is 0 Å². The highest BCUT2D eigenvalue weighted by atomic mass is 16.7. The number of esters is 2. The van der Waals surface area contributed by atoms with E-state index in [2.05, 4.69) is 141 Å². The predicted molar refractivity (Wildman–Crippen MR) is 333 cm³/mol. The standard InChI is InChI=1S/C70H113NO8/c1-6-8-10-12-14-16-18-20-22-23-24-25-26-27-28-29-30-31-32-33-34-35-36-37-38-39-40-41-42-43-44-45-47-49-51-53-55-57-59-61-68(73)79-66(65-78-70(69(74)75)76-63-62-71(3,4)5)64-77-67(72)60-58-56-54-52-50-48-46-21-19-17-15-13-11-9-7-2/h8-11,14-17,20-22,24-25,27-28,30-31,33-34,46,50,52,56,58,66,70H,6-7,12-13,18-19,23,26,29,32,35-45,47-49,51,53-55,57,59-65H2,1-5H3/b10-8-,11-9-,16-14-,17-15-,22-20-,25-24-,28-27-,31-30-,34-33-,46-21-,52-50-,58-56-. The first kappa shape index (κ1) is 74.2. The number of carbonyl (C=O) groups is 3. The lowest BCUT2D eigenvalue weighted by atomic mass is 10.0. The molecule has 0 heterocycles. The molecule has 9 nitrogen and oxygen atoms in total. The van der Waals surface area contributed by atoms with Crippen molar-refractivity contribution in [1.82, 2.24) is 0 Å². The van der Waals surface area contributed by atoms with Gasteiger partial charge in [0.1, 0.15) is 13.2 Å². The quantitative estimate of drug-likeness (QED) is 0.0195. The van der Waals surface area contributed by atoms with E-state index in [0.29, 0.717) is 23.9 Å². The number of rotatable bonds is 55. The van der Waals surface area contributed by atoms with E-state index in [0.717, 1.165) is 89.9 Å². The van der Waals surface area contributed by atoms with Gasteiger partial charge >= 0.3 is 11.9 Å². The minimum absolute atomic E-state index is 0.0545. The van der Waals surface area contributed by atoms with Crippen molar-refractivity contribution >= 4 is 17.9 Å². The van der Waals surface area contributed by atoms with Crippen LogP contribution >= 0.6 is 0 Å². The summed E-state index contributed by atoms with van der Waals surface area (Å²) in [7, 11) is 5.89. The Labute approximate surface area is 483 Å². The van der Waals surface area contributed by atoms with Gasteiger partial charge in [0.05, 0.1) is 46.7 Å². The molecule has 2 atom stereocenters. The molecule has 0 radical (unpaired) electrons. The largest absolute Gasteiger partial charge is 0.545 e. The highest BCUT2D eigenvalue weighted by Gasteiger charge is 2.21. The summed E-state index contributed by atoms with van der Waals surface area (Å²) in [6.45, 7) is 4.39. The van der Waals surface area contributed by atoms with Crippen LogP contribution in [0.4, 0.5) is 0 Å². The Balaban J connectivity index is 4.12. The van der Waals surface area contributed by atoms with E-state index in [4.69, 9.17) is 18.9 Å². The zero-order chi connectivity index (χ0) is 57.6. The maximum Gasteiger partial charge on any atom is 0.309 e. The number of allylic oxidation sites excluding steroid dienone is 23. The van der Waals surface area contributed by atoms with Gasteiger partial charge in [-0.15, -0.1) is 0 Å². The van der Waals surface area contributed by atoms with Crippen LogP contribution in [0.1, 0.15) is 219 Å². The third-order valence-corrected chi connectivity index (χ3v) is 12.6. The van der Waals surface area contributed by atoms with Crippen molar-refractivity contribution in [3.8, 4) is 0 Å². The van der Waals surface area contributed by atoms with E-state index >= 15 is 0 Å². The van der Waals surface area contributed by atoms with Gasteiger partial charge in [0.15, 0.2) is 12.4 Å². The molecule has 0 fully saturated rings. The Bertz CT molecular complexity index is 1800. The highest BCUT2D eigenvalue weighted by molar-refractivity contribution is 5.71. The SMILES string of the molecule is CC/C=C\C/C=C\C/C=C\C/C=C\C/C=C\C/C=C\C/C=C\CCCCCCCCCCCCCCCCCCCC(=O)OC(COC(=O)C/C=C\C/C=C\C/C=C\C/C=C\C/C=C\CC)COC(OCC[N+](C)(C)C)C(=O)[O-]. The van der Waals surface area contributed by atoms with Crippen molar-refractivity contribution < 1.29 is 42.9 Å². The Hall–Kier alpha value is -4.83. The van der Waals surface area contributed by atoms with Gasteiger partial charge in [-0.3, -0.25) is 9.59 Å². The molecule has 2 unspecified atom stereocenters. The molecule has 0 aliphatic carbocycles. The Kier molecular flexibility index (Phi) is 55.7. The van der Waals surface area contributed by atoms with Crippen LogP contribution < -0.4 is 5.11 Å². The van der Waals surface area contributed by atoms with Gasteiger partial charge in [-0.1, -0.05) is 256 Å². The molecule has 446 valence electrons. The van der Waals surface area contributed by atoms with Crippen LogP contribution in [0.25, 0.3) is 0 Å². The Morgan fingerprint density at radius 2 is 0.722 bits per heavy atom. The van der Waals surface area contributed by atoms with Crippen molar-refractivity contribution in [3.05, 3.63) is 146 Å². The van der Waals surface area contributed by atoms with E-state index < -0.39 is 30.3 Å². The summed E-state index contributed by atoms with van der Waals surface area (Å²) in [5.74, 6) is -2.46. The third-order valence-electron chi connectivity index (χ3n) is 12.6. The number of carbonyl (C=O) groups excluding carboxylic acids is 3. The first-order valence-corrected chi connectivity index (χ1v) is 31.0. The second-order valence-electron chi connectivity index (χ2n) is 21.2. The topological polar surface area (TPSA) is 111 Å². The fraction of sp³-hybridized carbons (Fsp3) is 0.614. The van der Waals surface area contributed by atoms with Crippen LogP contribution in [0.15, 0.2) is 146 Å². The molecule has 0 aliphatic rings. The number of hydrogen-bond acceptors (Lipinski definition) is 8. The molecule has 0 aliphatic heterocycles. The molecule has 9 heteroatoms. The predicted octanol–water partition coefficient (Wildman–Crippen LogP) is 17.5. The molecule has 0 spiro atoms. The van der Waals surface area contributed by atoms with Gasteiger partial charge in [0, 0.05) is 6.42 Å². The average Bonchev–Trinajstić information content (AvgIpc) is 3.42. The molecule has 0 rings (SSSR count). The van der Waals surface area contributed by atoms with E-state index in [1.165, 1.54) is 89.9 Å². The molecular weight excluding hydrogens is 983 g/mol. The van der Waals surface area contributed by atoms with E-state index in [1.54, 1.807) is 6.08 Å². The molecule has 0 saturated heterocycles. The summed E-state index contributed by atoms with van der Waals surface area (Å²) in [6, 6.07) is 0. The number of unbranched alkanes of at least 4 members (excludes halogenated alkanes) is 17. The summed E-state index contributed by atoms with van der Waals surface area (Å²) < 4.78 is 22.5. The minimum atomic E-state index is -1.65. The van der Waals surface area contributed by atoms with Gasteiger partial charge in [-0.25, -0.2) is 0 Å². The molecule has 0 N–H and O–H groups in total. The molecular formula is C70H113NO8. The molecule has 0 saturated carbocycles. The Morgan fingerprint density at radius 3 is 1.08 bits per heavy atom. The average molecular weight is 1100 g/mol. The number of nitrogens with zero attached hydrogens (tertiary/aromatic N) is 1. The molecule has 0 amide bonds. The van der Waals surface area contributed by atoms with E-state index in [9.17, 15) is 19.5 Å². The molecule has 0 aromatic carbocycles. The number of carboxylic acid groups (broad SMARTS) is 1. The third kappa shape index (κ3) is 60.7. The van der Waals surface area contributed by atoms with Crippen LogP contribution in [-0.4, -0.2) is 82.3 Å². The van der Waals surface area contributed by atoms with Gasteiger partial charge in [0.2, 0.25) is 0 Å². The van der Waals surface area contributed by atoms with Gasteiger partial charge in [-0.2, -0.15) is 0 Å². The summed E-state index contributed by atoms with van der Waals surface area (Å²) in [5.41, 5.74) is 0. The van der Waals surface area contributed by atoms with Crippen LogP contribution in [0.3, 0.4) is 0 Å². The van der Waals surface area contributed by atoms with Crippen LogP contribution in [-0.2, 0) is 33.3 Å². The van der Waals surface area contributed by atoms with Crippen LogP contribution in [0, 0.1) is 0 Å². The number of carboxylic acids is 1. The summed E-state index contributed by atoms with van der Waals surface area (Å²) in [6.07, 6.45) is 83.9. The van der Waals surface area contributed by atoms with Crippen LogP contribution in [0.5, 0.6) is 0 Å². The van der Waals surface area contributed by atoms with Gasteiger partial charge in [0.25, 0.3) is 0 Å². The fourth-order valence-corrected chi connectivity index (χ4v) is 7.94. The normalized spacial score (nSPS) is 13.8. The summed E-state index contributed by atoms with van der Waals surface area (Å²) in [4.78, 5) is 37.2. The Morgan fingerprint density at radius 1 is 0.392 bits per heavy atom. The minimum Gasteiger partial charge on any atom is -0.545 e. The lowest BCUT2D eigenvalue weighted by Crippen LogP contribution is -2.44. The van der Waals surface area contributed by atoms with Crippen LogP contribution in [0.2, 0.25) is 0 Å². The monoisotopic (exact) mass is 1100 g/mol. The number of ether oxygens (including phenoxy) is 4. The molecule has 0 aromatic heterocycles. The highest BCUT2D eigenvalue weighted by Crippen LogP contribution is 2.16. The number of likely N-dealkylation sites (N-methyl/N-ethyl adjacent to an activating group) is 1. The van der Waals surface area contributed by atoms with Crippen molar-refractivity contribution in [2.24, 2.45) is 0 Å². The number of quaternary nitrogens is 1. The van der Waals surface area contributed by atoms with E-state index in [1.807, 2.05) is 33.3 Å². The lowest BCUT2D eigenvalue weighted by Gasteiger charge is -2.26. The maximum atomic E-state index is 12.9. The van der Waals surface area contributed by atoms with Gasteiger partial charge in [-0.05, 0) is 96.3 Å². The molecule has 0 bridgehead atoms.